The number of benzene rings is 2. The van der Waals surface area contributed by atoms with E-state index in [0.717, 1.165) is 16.7 Å². The van der Waals surface area contributed by atoms with Crippen molar-refractivity contribution in [2.75, 3.05) is 7.11 Å². The second-order valence-electron chi connectivity index (χ2n) is 5.74. The van der Waals surface area contributed by atoms with Crippen molar-refractivity contribution in [3.05, 3.63) is 60.2 Å². The second kappa shape index (κ2) is 5.76. The average Bonchev–Trinajstić information content (AvgIpc) is 3.37. The molecule has 1 saturated carbocycles. The van der Waals surface area contributed by atoms with E-state index < -0.39 is 11.4 Å². The predicted octanol–water partition coefficient (Wildman–Crippen LogP) is 3.42. The summed E-state index contributed by atoms with van der Waals surface area (Å²) in [5.41, 5.74) is 2.33. The Morgan fingerprint density at radius 1 is 0.955 bits per heavy atom. The molecular weight excluding hydrogens is 276 g/mol. The van der Waals surface area contributed by atoms with Crippen LogP contribution in [0.4, 0.5) is 0 Å². The van der Waals surface area contributed by atoms with Gasteiger partial charge in [0.25, 0.3) is 0 Å². The first-order chi connectivity index (χ1) is 10.7. The summed E-state index contributed by atoms with van der Waals surface area (Å²) < 4.78 is 4.75. The number of carbonyl (C=O) groups excluding carboxylic acids is 2. The monoisotopic (exact) mass is 294 g/mol. The molecule has 1 aliphatic carbocycles. The molecule has 0 aromatic heterocycles. The lowest BCUT2D eigenvalue weighted by Gasteiger charge is -2.11. The van der Waals surface area contributed by atoms with Gasteiger partial charge < -0.3 is 4.74 Å². The molecule has 0 saturated heterocycles. The van der Waals surface area contributed by atoms with Gasteiger partial charge in [0.1, 0.15) is 5.41 Å². The summed E-state index contributed by atoms with van der Waals surface area (Å²) in [6.07, 6.45) is 1.51. The van der Waals surface area contributed by atoms with E-state index in [4.69, 9.17) is 4.74 Å². The lowest BCUT2D eigenvalue weighted by molar-refractivity contribution is -0.151. The molecule has 1 fully saturated rings. The topological polar surface area (TPSA) is 43.4 Å². The van der Waals surface area contributed by atoms with Crippen molar-refractivity contribution in [3.63, 3.8) is 0 Å². The van der Waals surface area contributed by atoms with E-state index in [1.165, 1.54) is 7.11 Å². The van der Waals surface area contributed by atoms with E-state index in [1.54, 1.807) is 0 Å². The third-order valence-corrected chi connectivity index (χ3v) is 4.29. The minimum Gasteiger partial charge on any atom is -0.468 e. The lowest BCUT2D eigenvalue weighted by atomic mass is 9.94. The molecule has 0 heterocycles. The van der Waals surface area contributed by atoms with Crippen LogP contribution in [-0.4, -0.2) is 18.9 Å². The van der Waals surface area contributed by atoms with Crippen molar-refractivity contribution in [3.8, 4) is 11.1 Å². The molecule has 3 nitrogen and oxygen atoms in total. The third kappa shape index (κ3) is 2.67. The van der Waals surface area contributed by atoms with Gasteiger partial charge in [-0.05, 0) is 29.5 Å². The van der Waals surface area contributed by atoms with Crippen LogP contribution >= 0.6 is 0 Å². The van der Waals surface area contributed by atoms with E-state index >= 15 is 0 Å². The number of hydrogen-bond donors (Lipinski definition) is 0. The molecule has 1 aliphatic rings. The number of rotatable bonds is 5. The first-order valence-electron chi connectivity index (χ1n) is 7.42. The molecule has 112 valence electrons. The molecular formula is C19H18O3. The van der Waals surface area contributed by atoms with E-state index in [-0.39, 0.29) is 12.2 Å². The van der Waals surface area contributed by atoms with Gasteiger partial charge in [-0.25, -0.2) is 0 Å². The lowest BCUT2D eigenvalue weighted by Crippen LogP contribution is -2.28. The zero-order chi connectivity index (χ0) is 15.6. The van der Waals surface area contributed by atoms with Crippen LogP contribution in [0.25, 0.3) is 11.1 Å². The Hall–Kier alpha value is -2.42. The van der Waals surface area contributed by atoms with Crippen LogP contribution in [0.15, 0.2) is 54.6 Å². The average molecular weight is 294 g/mol. The molecule has 2 aromatic carbocycles. The van der Waals surface area contributed by atoms with Gasteiger partial charge in [0.15, 0.2) is 5.78 Å². The summed E-state index contributed by atoms with van der Waals surface area (Å²) in [6, 6.07) is 18.0. The third-order valence-electron chi connectivity index (χ3n) is 4.29. The largest absolute Gasteiger partial charge is 0.468 e. The van der Waals surface area contributed by atoms with Gasteiger partial charge in [-0.1, -0.05) is 54.6 Å². The number of esters is 1. The summed E-state index contributed by atoms with van der Waals surface area (Å²) >= 11 is 0. The molecule has 0 spiro atoms. The minimum atomic E-state index is -0.868. The Morgan fingerprint density at radius 2 is 1.55 bits per heavy atom. The number of hydrogen-bond acceptors (Lipinski definition) is 3. The molecule has 0 N–H and O–H groups in total. The van der Waals surface area contributed by atoms with Crippen LogP contribution in [-0.2, 0) is 20.7 Å². The van der Waals surface area contributed by atoms with Crippen LogP contribution in [0, 0.1) is 5.41 Å². The van der Waals surface area contributed by atoms with Crippen molar-refractivity contribution in [2.45, 2.75) is 19.3 Å². The number of Topliss-reactive ketones (excluding diaryl/α,β-unsaturated/α-hetero) is 1. The Morgan fingerprint density at radius 3 is 2.09 bits per heavy atom. The SMILES string of the molecule is COC(=O)C1(C(=O)Cc2ccc(-c3ccccc3)cc2)CC1. The highest BCUT2D eigenvalue weighted by atomic mass is 16.5. The van der Waals surface area contributed by atoms with Gasteiger partial charge >= 0.3 is 5.97 Å². The first-order valence-corrected chi connectivity index (χ1v) is 7.42. The van der Waals surface area contributed by atoms with Crippen LogP contribution in [0.1, 0.15) is 18.4 Å². The highest BCUT2D eigenvalue weighted by Gasteiger charge is 2.56. The van der Waals surface area contributed by atoms with Gasteiger partial charge in [0, 0.05) is 6.42 Å². The summed E-state index contributed by atoms with van der Waals surface area (Å²) in [5, 5.41) is 0. The van der Waals surface area contributed by atoms with Crippen molar-refractivity contribution in [1.82, 2.24) is 0 Å². The maximum atomic E-state index is 12.4. The fraction of sp³-hybridized carbons (Fsp3) is 0.263. The highest BCUT2D eigenvalue weighted by molar-refractivity contribution is 6.07. The van der Waals surface area contributed by atoms with Crippen molar-refractivity contribution in [1.29, 1.82) is 0 Å². The Labute approximate surface area is 129 Å². The van der Waals surface area contributed by atoms with Gasteiger partial charge in [-0.3, -0.25) is 9.59 Å². The molecule has 0 atom stereocenters. The molecule has 0 aliphatic heterocycles. The predicted molar refractivity (Wildman–Crippen MR) is 84.3 cm³/mol. The molecule has 2 aromatic rings. The van der Waals surface area contributed by atoms with Gasteiger partial charge in [0.05, 0.1) is 7.11 Å². The Balaban J connectivity index is 1.72. The summed E-state index contributed by atoms with van der Waals surface area (Å²) in [6.45, 7) is 0. The smallest absolute Gasteiger partial charge is 0.319 e. The van der Waals surface area contributed by atoms with Crippen molar-refractivity contribution >= 4 is 11.8 Å². The maximum absolute atomic E-state index is 12.4. The van der Waals surface area contributed by atoms with Crippen LogP contribution in [0.3, 0.4) is 0 Å². The fourth-order valence-electron chi connectivity index (χ4n) is 2.72. The summed E-state index contributed by atoms with van der Waals surface area (Å²) in [4.78, 5) is 24.1. The zero-order valence-electron chi connectivity index (χ0n) is 12.5. The molecule has 0 bridgehead atoms. The summed E-state index contributed by atoms with van der Waals surface area (Å²) in [7, 11) is 1.34. The normalized spacial score (nSPS) is 15.1. The Kier molecular flexibility index (Phi) is 3.80. The number of ketones is 1. The van der Waals surface area contributed by atoms with Crippen LogP contribution < -0.4 is 0 Å². The van der Waals surface area contributed by atoms with Gasteiger partial charge in [0.2, 0.25) is 0 Å². The number of methoxy groups -OCH3 is 1. The van der Waals surface area contributed by atoms with E-state index in [0.29, 0.717) is 12.8 Å². The highest BCUT2D eigenvalue weighted by Crippen LogP contribution is 2.48. The van der Waals surface area contributed by atoms with E-state index in [1.807, 2.05) is 42.5 Å². The van der Waals surface area contributed by atoms with Crippen molar-refractivity contribution in [2.24, 2.45) is 5.41 Å². The standard InChI is InChI=1S/C19H18O3/c1-22-18(21)19(11-12-19)17(20)13-14-7-9-16(10-8-14)15-5-3-2-4-6-15/h2-10H,11-13H2,1H3. The van der Waals surface area contributed by atoms with Crippen molar-refractivity contribution < 1.29 is 14.3 Å². The van der Waals surface area contributed by atoms with Crippen LogP contribution in [0.2, 0.25) is 0 Å². The molecule has 0 amide bonds. The molecule has 3 heteroatoms. The zero-order valence-corrected chi connectivity index (χ0v) is 12.5. The number of ether oxygens (including phenoxy) is 1. The molecule has 0 radical (unpaired) electrons. The summed E-state index contributed by atoms with van der Waals surface area (Å²) in [5.74, 6) is -0.426. The Bertz CT molecular complexity index is 682. The minimum absolute atomic E-state index is 0.0354. The van der Waals surface area contributed by atoms with E-state index in [9.17, 15) is 9.59 Å². The second-order valence-corrected chi connectivity index (χ2v) is 5.74. The fourth-order valence-corrected chi connectivity index (χ4v) is 2.72. The molecule has 0 unspecified atom stereocenters. The molecule has 22 heavy (non-hydrogen) atoms. The molecule has 3 rings (SSSR count). The first kappa shape index (κ1) is 14.5. The van der Waals surface area contributed by atoms with E-state index in [2.05, 4.69) is 12.1 Å². The van der Waals surface area contributed by atoms with Crippen LogP contribution in [0.5, 0.6) is 0 Å². The van der Waals surface area contributed by atoms with Gasteiger partial charge in [-0.15, -0.1) is 0 Å². The van der Waals surface area contributed by atoms with Gasteiger partial charge in [-0.2, -0.15) is 0 Å². The number of carbonyl (C=O) groups is 2. The maximum Gasteiger partial charge on any atom is 0.319 e. The quantitative estimate of drug-likeness (QED) is 0.627.